The summed E-state index contributed by atoms with van der Waals surface area (Å²) in [5.74, 6) is 0.668. The lowest BCUT2D eigenvalue weighted by Crippen LogP contribution is -2.35. The van der Waals surface area contributed by atoms with Crippen molar-refractivity contribution in [2.24, 2.45) is 0 Å². The summed E-state index contributed by atoms with van der Waals surface area (Å²) in [6, 6.07) is 14.3. The average Bonchev–Trinajstić information content (AvgIpc) is 2.73. The largest absolute Gasteiger partial charge is 0.493 e. The molecule has 6 nitrogen and oxygen atoms in total. The Kier molecular flexibility index (Phi) is 8.85. The molecule has 2 rings (SSSR count). The van der Waals surface area contributed by atoms with Gasteiger partial charge in [-0.05, 0) is 37.1 Å². The van der Waals surface area contributed by atoms with Crippen molar-refractivity contribution in [2.75, 3.05) is 26.3 Å². The lowest BCUT2D eigenvalue weighted by molar-refractivity contribution is 0.0923. The number of hydrogen-bond donors (Lipinski definition) is 2. The Labute approximate surface area is 166 Å². The fraction of sp³-hybridized carbons (Fsp3) is 0.364. The second kappa shape index (κ2) is 11.6. The fourth-order valence-electron chi connectivity index (χ4n) is 2.53. The van der Waals surface area contributed by atoms with Crippen LogP contribution in [0.2, 0.25) is 0 Å². The molecule has 0 heterocycles. The summed E-state index contributed by atoms with van der Waals surface area (Å²) < 4.78 is 11.2. The highest BCUT2D eigenvalue weighted by atomic mass is 16.5. The van der Waals surface area contributed by atoms with Gasteiger partial charge in [-0.3, -0.25) is 9.59 Å². The molecule has 6 heteroatoms. The molecule has 0 aromatic heterocycles. The van der Waals surface area contributed by atoms with Crippen molar-refractivity contribution >= 4 is 11.8 Å². The highest BCUT2D eigenvalue weighted by Gasteiger charge is 2.13. The summed E-state index contributed by atoms with van der Waals surface area (Å²) in [4.78, 5) is 24.8. The van der Waals surface area contributed by atoms with Crippen molar-refractivity contribution in [1.29, 1.82) is 0 Å². The average molecular weight is 384 g/mol. The lowest BCUT2D eigenvalue weighted by Gasteiger charge is -2.12. The molecule has 0 aliphatic rings. The number of benzene rings is 2. The summed E-state index contributed by atoms with van der Waals surface area (Å²) >= 11 is 0. The van der Waals surface area contributed by atoms with Crippen molar-refractivity contribution in [3.8, 4) is 11.5 Å². The standard InChI is InChI=1S/C22H28N2O4/c1-3-15-27-19-11-7-5-9-17(19)21(25)23-13-14-24-22(26)18-10-6-8-12-20(18)28-16-4-2/h5-12H,3-4,13-16H2,1-2H3,(H,23,25)(H,24,26). The van der Waals surface area contributed by atoms with Gasteiger partial charge >= 0.3 is 0 Å². The summed E-state index contributed by atoms with van der Waals surface area (Å²) in [6.45, 7) is 5.75. The summed E-state index contributed by atoms with van der Waals surface area (Å²) in [6.07, 6.45) is 1.73. The van der Waals surface area contributed by atoms with E-state index in [9.17, 15) is 9.59 Å². The Bertz CT molecular complexity index is 711. The first kappa shape index (κ1) is 21.3. The number of carbonyl (C=O) groups excluding carboxylic acids is 2. The second-order valence-corrected chi connectivity index (χ2v) is 6.20. The number of rotatable bonds is 11. The third-order valence-corrected chi connectivity index (χ3v) is 3.88. The monoisotopic (exact) mass is 384 g/mol. The minimum absolute atomic E-state index is 0.229. The Hall–Kier alpha value is -3.02. The van der Waals surface area contributed by atoms with Crippen LogP contribution in [-0.4, -0.2) is 38.1 Å². The third kappa shape index (κ3) is 6.30. The minimum atomic E-state index is -0.229. The van der Waals surface area contributed by atoms with Crippen molar-refractivity contribution in [3.05, 3.63) is 59.7 Å². The van der Waals surface area contributed by atoms with E-state index in [1.807, 2.05) is 26.0 Å². The van der Waals surface area contributed by atoms with Crippen LogP contribution in [0.3, 0.4) is 0 Å². The van der Waals surface area contributed by atoms with Crippen LogP contribution in [0.5, 0.6) is 11.5 Å². The number of nitrogens with one attached hydrogen (secondary N) is 2. The molecule has 0 radical (unpaired) electrons. The molecule has 0 spiro atoms. The molecule has 0 saturated heterocycles. The summed E-state index contributed by atoms with van der Waals surface area (Å²) in [5, 5.41) is 5.61. The number of carbonyl (C=O) groups is 2. The van der Waals surface area contributed by atoms with Gasteiger partial charge in [0.05, 0.1) is 24.3 Å². The predicted molar refractivity (Wildman–Crippen MR) is 109 cm³/mol. The topological polar surface area (TPSA) is 76.7 Å². The molecular formula is C22H28N2O4. The molecule has 0 atom stereocenters. The quantitative estimate of drug-likeness (QED) is 0.582. The van der Waals surface area contributed by atoms with Crippen molar-refractivity contribution < 1.29 is 19.1 Å². The molecule has 150 valence electrons. The Morgan fingerprint density at radius 1 is 0.714 bits per heavy atom. The van der Waals surface area contributed by atoms with Crippen LogP contribution >= 0.6 is 0 Å². The van der Waals surface area contributed by atoms with Gasteiger partial charge in [-0.25, -0.2) is 0 Å². The molecular weight excluding hydrogens is 356 g/mol. The maximum atomic E-state index is 12.4. The molecule has 28 heavy (non-hydrogen) atoms. The molecule has 0 unspecified atom stereocenters. The maximum absolute atomic E-state index is 12.4. The zero-order chi connectivity index (χ0) is 20.2. The Balaban J connectivity index is 1.85. The summed E-state index contributed by atoms with van der Waals surface area (Å²) in [7, 11) is 0. The molecule has 0 saturated carbocycles. The van der Waals surface area contributed by atoms with Crippen molar-refractivity contribution in [1.82, 2.24) is 10.6 Å². The van der Waals surface area contributed by atoms with Gasteiger partial charge in [0, 0.05) is 13.1 Å². The Morgan fingerprint density at radius 3 is 1.50 bits per heavy atom. The zero-order valence-corrected chi connectivity index (χ0v) is 16.5. The van der Waals surface area contributed by atoms with Crippen LogP contribution in [0.25, 0.3) is 0 Å². The van der Waals surface area contributed by atoms with Gasteiger partial charge in [0.1, 0.15) is 11.5 Å². The van der Waals surface area contributed by atoms with Gasteiger partial charge in [-0.1, -0.05) is 38.1 Å². The normalized spacial score (nSPS) is 10.2. The van der Waals surface area contributed by atoms with E-state index in [0.717, 1.165) is 12.8 Å². The van der Waals surface area contributed by atoms with Gasteiger partial charge < -0.3 is 20.1 Å². The lowest BCUT2D eigenvalue weighted by atomic mass is 10.2. The van der Waals surface area contributed by atoms with Crippen LogP contribution in [0.15, 0.2) is 48.5 Å². The van der Waals surface area contributed by atoms with Crippen LogP contribution in [0.4, 0.5) is 0 Å². The minimum Gasteiger partial charge on any atom is -0.493 e. The first-order chi connectivity index (χ1) is 13.7. The zero-order valence-electron chi connectivity index (χ0n) is 16.5. The molecule has 2 amide bonds. The highest BCUT2D eigenvalue weighted by molar-refractivity contribution is 5.97. The van der Waals surface area contributed by atoms with E-state index >= 15 is 0 Å². The highest BCUT2D eigenvalue weighted by Crippen LogP contribution is 2.19. The molecule has 2 N–H and O–H groups in total. The Morgan fingerprint density at radius 2 is 1.11 bits per heavy atom. The van der Waals surface area contributed by atoms with E-state index in [1.54, 1.807) is 36.4 Å². The number of amides is 2. The smallest absolute Gasteiger partial charge is 0.255 e. The van der Waals surface area contributed by atoms with E-state index in [4.69, 9.17) is 9.47 Å². The molecule has 2 aromatic carbocycles. The van der Waals surface area contributed by atoms with Gasteiger partial charge in [0.15, 0.2) is 0 Å². The fourth-order valence-corrected chi connectivity index (χ4v) is 2.53. The predicted octanol–water partition coefficient (Wildman–Crippen LogP) is 3.42. The number of para-hydroxylation sites is 2. The van der Waals surface area contributed by atoms with Crippen LogP contribution in [-0.2, 0) is 0 Å². The van der Waals surface area contributed by atoms with Gasteiger partial charge in [-0.15, -0.1) is 0 Å². The van der Waals surface area contributed by atoms with E-state index in [2.05, 4.69) is 10.6 Å². The van der Waals surface area contributed by atoms with E-state index in [-0.39, 0.29) is 11.8 Å². The molecule has 0 fully saturated rings. The van der Waals surface area contributed by atoms with Gasteiger partial charge in [-0.2, -0.15) is 0 Å². The third-order valence-electron chi connectivity index (χ3n) is 3.88. The van der Waals surface area contributed by atoms with Crippen LogP contribution in [0.1, 0.15) is 47.4 Å². The van der Waals surface area contributed by atoms with Gasteiger partial charge in [0.25, 0.3) is 11.8 Å². The molecule has 0 aliphatic heterocycles. The number of hydrogen-bond acceptors (Lipinski definition) is 4. The van der Waals surface area contributed by atoms with Crippen LogP contribution in [0, 0.1) is 0 Å². The molecule has 0 aliphatic carbocycles. The van der Waals surface area contributed by atoms with E-state index in [0.29, 0.717) is 48.9 Å². The van der Waals surface area contributed by atoms with Gasteiger partial charge in [0.2, 0.25) is 0 Å². The van der Waals surface area contributed by atoms with Crippen molar-refractivity contribution in [2.45, 2.75) is 26.7 Å². The maximum Gasteiger partial charge on any atom is 0.255 e. The molecule has 0 bridgehead atoms. The van der Waals surface area contributed by atoms with E-state index < -0.39 is 0 Å². The molecule has 2 aromatic rings. The van der Waals surface area contributed by atoms with Crippen LogP contribution < -0.4 is 20.1 Å². The number of ether oxygens (including phenoxy) is 2. The summed E-state index contributed by atoms with van der Waals surface area (Å²) in [5.41, 5.74) is 0.973. The second-order valence-electron chi connectivity index (χ2n) is 6.20. The first-order valence-electron chi connectivity index (χ1n) is 9.67. The first-order valence-corrected chi connectivity index (χ1v) is 9.67. The SMILES string of the molecule is CCCOc1ccccc1C(=O)NCCNC(=O)c1ccccc1OCCC. The van der Waals surface area contributed by atoms with E-state index in [1.165, 1.54) is 0 Å². The van der Waals surface area contributed by atoms with Crippen molar-refractivity contribution in [3.63, 3.8) is 0 Å².